The lowest BCUT2D eigenvalue weighted by Gasteiger charge is -2.35. The first kappa shape index (κ1) is 22.6. The number of pyridine rings is 1. The molecule has 0 N–H and O–H groups in total. The molecule has 3 aromatic rings. The summed E-state index contributed by atoms with van der Waals surface area (Å²) in [6.45, 7) is 6.04. The summed E-state index contributed by atoms with van der Waals surface area (Å²) in [5, 5.41) is 0.769. The number of morpholine rings is 1. The first-order chi connectivity index (χ1) is 16.7. The van der Waals surface area contributed by atoms with Crippen molar-refractivity contribution in [3.63, 3.8) is 0 Å². The van der Waals surface area contributed by atoms with Crippen LogP contribution in [0.15, 0.2) is 59.9 Å². The van der Waals surface area contributed by atoms with Gasteiger partial charge in [-0.3, -0.25) is 4.79 Å². The van der Waals surface area contributed by atoms with Crippen LogP contribution in [0.2, 0.25) is 0 Å². The Bertz CT molecular complexity index is 1130. The zero-order valence-electron chi connectivity index (χ0n) is 19.3. The van der Waals surface area contributed by atoms with Gasteiger partial charge in [-0.05, 0) is 36.6 Å². The second kappa shape index (κ2) is 10.4. The van der Waals surface area contributed by atoms with Crippen LogP contribution in [-0.2, 0) is 4.74 Å². The molecule has 1 aromatic carbocycles. The van der Waals surface area contributed by atoms with E-state index in [0.717, 1.165) is 42.6 Å². The van der Waals surface area contributed by atoms with E-state index in [4.69, 9.17) is 9.72 Å². The number of amides is 1. The molecule has 0 unspecified atom stereocenters. The van der Waals surface area contributed by atoms with Gasteiger partial charge in [-0.2, -0.15) is 0 Å². The van der Waals surface area contributed by atoms with Gasteiger partial charge in [-0.15, -0.1) is 11.8 Å². The SMILES string of the molecule is CSc1ncccc1C(=O)N1CCN(c2nccc(-c3ccc(N4CCOCC4)cc3)n2)CC1. The van der Waals surface area contributed by atoms with E-state index in [0.29, 0.717) is 37.7 Å². The van der Waals surface area contributed by atoms with Crippen LogP contribution in [0, 0.1) is 0 Å². The molecule has 34 heavy (non-hydrogen) atoms. The van der Waals surface area contributed by atoms with Gasteiger partial charge >= 0.3 is 0 Å². The minimum Gasteiger partial charge on any atom is -0.378 e. The Kier molecular flexibility index (Phi) is 6.92. The second-order valence-corrected chi connectivity index (χ2v) is 9.02. The van der Waals surface area contributed by atoms with Gasteiger partial charge < -0.3 is 19.4 Å². The number of aromatic nitrogens is 3. The maximum atomic E-state index is 13.0. The van der Waals surface area contributed by atoms with Crippen molar-refractivity contribution in [1.29, 1.82) is 0 Å². The van der Waals surface area contributed by atoms with Crippen LogP contribution in [0.1, 0.15) is 10.4 Å². The largest absolute Gasteiger partial charge is 0.378 e. The molecule has 0 radical (unpaired) electrons. The number of hydrogen-bond acceptors (Lipinski definition) is 8. The van der Waals surface area contributed by atoms with Crippen LogP contribution in [0.25, 0.3) is 11.3 Å². The van der Waals surface area contributed by atoms with E-state index in [-0.39, 0.29) is 5.91 Å². The molecule has 0 bridgehead atoms. The highest BCUT2D eigenvalue weighted by Crippen LogP contribution is 2.24. The summed E-state index contributed by atoms with van der Waals surface area (Å²) in [7, 11) is 0. The van der Waals surface area contributed by atoms with Crippen molar-refractivity contribution in [2.45, 2.75) is 5.03 Å². The Morgan fingerprint density at radius 1 is 0.882 bits per heavy atom. The van der Waals surface area contributed by atoms with E-state index in [1.54, 1.807) is 6.20 Å². The van der Waals surface area contributed by atoms with Crippen molar-refractivity contribution in [3.05, 3.63) is 60.4 Å². The normalized spacial score (nSPS) is 16.6. The van der Waals surface area contributed by atoms with E-state index in [1.165, 1.54) is 17.4 Å². The topological polar surface area (TPSA) is 74.7 Å². The van der Waals surface area contributed by atoms with Crippen molar-refractivity contribution in [1.82, 2.24) is 19.9 Å². The maximum absolute atomic E-state index is 13.0. The number of hydrogen-bond donors (Lipinski definition) is 0. The molecular formula is C25H28N6O2S. The van der Waals surface area contributed by atoms with Gasteiger partial charge in [0.05, 0.1) is 24.5 Å². The van der Waals surface area contributed by atoms with E-state index >= 15 is 0 Å². The van der Waals surface area contributed by atoms with Crippen LogP contribution in [0.4, 0.5) is 11.6 Å². The van der Waals surface area contributed by atoms with Crippen molar-refractivity contribution in [3.8, 4) is 11.3 Å². The lowest BCUT2D eigenvalue weighted by atomic mass is 10.1. The molecule has 0 saturated carbocycles. The Labute approximate surface area is 204 Å². The molecule has 2 aromatic heterocycles. The highest BCUT2D eigenvalue weighted by molar-refractivity contribution is 7.98. The molecule has 0 spiro atoms. The predicted octanol–water partition coefficient (Wildman–Crippen LogP) is 3.06. The molecule has 1 amide bonds. The minimum absolute atomic E-state index is 0.0344. The fourth-order valence-electron chi connectivity index (χ4n) is 4.32. The first-order valence-electron chi connectivity index (χ1n) is 11.5. The Morgan fingerprint density at radius 3 is 2.38 bits per heavy atom. The molecule has 2 aliphatic heterocycles. The molecular weight excluding hydrogens is 448 g/mol. The first-order valence-corrected chi connectivity index (χ1v) is 12.7. The third kappa shape index (κ3) is 4.85. The lowest BCUT2D eigenvalue weighted by Crippen LogP contribution is -2.49. The van der Waals surface area contributed by atoms with E-state index in [1.807, 2.05) is 35.6 Å². The van der Waals surface area contributed by atoms with Crippen LogP contribution in [-0.4, -0.2) is 84.5 Å². The summed E-state index contributed by atoms with van der Waals surface area (Å²) < 4.78 is 5.45. The summed E-state index contributed by atoms with van der Waals surface area (Å²) in [6.07, 6.45) is 5.48. The Balaban J connectivity index is 1.24. The highest BCUT2D eigenvalue weighted by Gasteiger charge is 2.25. The quantitative estimate of drug-likeness (QED) is 0.520. The van der Waals surface area contributed by atoms with Gasteiger partial charge in [-0.1, -0.05) is 12.1 Å². The van der Waals surface area contributed by atoms with Crippen LogP contribution in [0.5, 0.6) is 0 Å². The van der Waals surface area contributed by atoms with Crippen LogP contribution in [0.3, 0.4) is 0 Å². The number of carbonyl (C=O) groups excluding carboxylic acids is 1. The van der Waals surface area contributed by atoms with Gasteiger partial charge in [0.25, 0.3) is 5.91 Å². The van der Waals surface area contributed by atoms with Crippen LogP contribution < -0.4 is 9.80 Å². The van der Waals surface area contributed by atoms with Gasteiger partial charge in [-0.25, -0.2) is 15.0 Å². The molecule has 2 saturated heterocycles. The van der Waals surface area contributed by atoms with E-state index in [2.05, 4.69) is 44.0 Å². The average Bonchev–Trinajstić information content (AvgIpc) is 2.93. The van der Waals surface area contributed by atoms with Crippen LogP contribution >= 0.6 is 11.8 Å². The number of anilines is 2. The molecule has 176 valence electrons. The minimum atomic E-state index is 0.0344. The summed E-state index contributed by atoms with van der Waals surface area (Å²) in [5.41, 5.74) is 3.84. The van der Waals surface area contributed by atoms with Gasteiger partial charge in [0.1, 0.15) is 5.03 Å². The maximum Gasteiger partial charge on any atom is 0.256 e. The molecule has 8 nitrogen and oxygen atoms in total. The van der Waals surface area contributed by atoms with Gasteiger partial charge in [0.15, 0.2) is 0 Å². The van der Waals surface area contributed by atoms with Crippen molar-refractivity contribution in [2.24, 2.45) is 0 Å². The zero-order chi connectivity index (χ0) is 23.3. The lowest BCUT2D eigenvalue weighted by molar-refractivity contribution is 0.0742. The fraction of sp³-hybridized carbons (Fsp3) is 0.360. The highest BCUT2D eigenvalue weighted by atomic mass is 32.2. The number of thioether (sulfide) groups is 1. The number of nitrogens with zero attached hydrogens (tertiary/aromatic N) is 6. The Morgan fingerprint density at radius 2 is 1.65 bits per heavy atom. The molecule has 2 aliphatic rings. The molecule has 9 heteroatoms. The van der Waals surface area contributed by atoms with E-state index in [9.17, 15) is 4.79 Å². The Hall–Kier alpha value is -3.17. The molecule has 2 fully saturated rings. The standard InChI is InChI=1S/C25H28N6O2S/c1-34-23-21(3-2-9-26-23)24(32)30-11-13-31(14-12-30)25-27-10-8-22(28-25)19-4-6-20(7-5-19)29-15-17-33-18-16-29/h2-10H,11-18H2,1H3. The van der Waals surface area contributed by atoms with E-state index < -0.39 is 0 Å². The third-order valence-electron chi connectivity index (χ3n) is 6.23. The summed E-state index contributed by atoms with van der Waals surface area (Å²) in [6, 6.07) is 14.1. The number of piperazine rings is 1. The number of ether oxygens (including phenoxy) is 1. The zero-order valence-corrected chi connectivity index (χ0v) is 20.1. The fourth-order valence-corrected chi connectivity index (χ4v) is 4.86. The van der Waals surface area contributed by atoms with Crippen molar-refractivity contribution >= 4 is 29.3 Å². The van der Waals surface area contributed by atoms with Crippen molar-refractivity contribution in [2.75, 3.05) is 68.5 Å². The summed E-state index contributed by atoms with van der Waals surface area (Å²) >= 11 is 1.50. The molecule has 0 aliphatic carbocycles. The number of benzene rings is 1. The third-order valence-corrected chi connectivity index (χ3v) is 6.94. The summed E-state index contributed by atoms with van der Waals surface area (Å²) in [5.74, 6) is 0.736. The summed E-state index contributed by atoms with van der Waals surface area (Å²) in [4.78, 5) is 33.1. The average molecular weight is 477 g/mol. The van der Waals surface area contributed by atoms with Gasteiger partial charge in [0, 0.05) is 62.9 Å². The second-order valence-electron chi connectivity index (χ2n) is 8.23. The monoisotopic (exact) mass is 476 g/mol. The van der Waals surface area contributed by atoms with Crippen molar-refractivity contribution < 1.29 is 9.53 Å². The molecule has 4 heterocycles. The predicted molar refractivity (Wildman–Crippen MR) is 135 cm³/mol. The molecule has 5 rings (SSSR count). The van der Waals surface area contributed by atoms with Gasteiger partial charge in [0.2, 0.25) is 5.95 Å². The molecule has 0 atom stereocenters. The number of rotatable bonds is 5. The smallest absolute Gasteiger partial charge is 0.256 e. The number of carbonyl (C=O) groups is 1.